The van der Waals surface area contributed by atoms with E-state index in [1.807, 2.05) is 33.3 Å². The van der Waals surface area contributed by atoms with Gasteiger partial charge in [0.1, 0.15) is 0 Å². The quantitative estimate of drug-likeness (QED) is 0.321. The summed E-state index contributed by atoms with van der Waals surface area (Å²) < 4.78 is 0. The highest BCUT2D eigenvalue weighted by atomic mass is 16.4. The van der Waals surface area contributed by atoms with Crippen LogP contribution in [0.2, 0.25) is 0 Å². The van der Waals surface area contributed by atoms with Crippen LogP contribution in [0.1, 0.15) is 11.1 Å². The Labute approximate surface area is 190 Å². The molecule has 0 radical (unpaired) electrons. The fourth-order valence-electron chi connectivity index (χ4n) is 3.88. The number of hydrogen-bond acceptors (Lipinski definition) is 7. The lowest BCUT2D eigenvalue weighted by Gasteiger charge is -2.38. The number of aliphatic carboxylic acids is 3. The number of carbonyl (C=O) groups is 3. The van der Waals surface area contributed by atoms with E-state index >= 15 is 0 Å². The van der Waals surface area contributed by atoms with Crippen LogP contribution in [-0.4, -0.2) is 99.3 Å². The van der Waals surface area contributed by atoms with Gasteiger partial charge in [0.05, 0.1) is 5.92 Å². The summed E-state index contributed by atoms with van der Waals surface area (Å²) in [5.41, 5.74) is 4.83. The van der Waals surface area contributed by atoms with Crippen molar-refractivity contribution in [1.29, 1.82) is 0 Å². The van der Waals surface area contributed by atoms with Crippen LogP contribution in [0, 0.1) is 5.92 Å². The zero-order chi connectivity index (χ0) is 24.9. The Balaban J connectivity index is 0.000000252. The van der Waals surface area contributed by atoms with Crippen molar-refractivity contribution in [3.8, 4) is 0 Å². The van der Waals surface area contributed by atoms with Gasteiger partial charge in [0.2, 0.25) is 0 Å². The molecule has 7 N–H and O–H groups in total. The van der Waals surface area contributed by atoms with Crippen molar-refractivity contribution in [1.82, 2.24) is 15.2 Å². The molecule has 1 aliphatic heterocycles. The summed E-state index contributed by atoms with van der Waals surface area (Å²) in [6, 6.07) is 6.51. The molecule has 0 fully saturated rings. The largest absolute Gasteiger partial charge is 0.481 e. The molecule has 1 aromatic heterocycles. The molecule has 0 bridgehead atoms. The first kappa shape index (κ1) is 26.0. The van der Waals surface area contributed by atoms with Gasteiger partial charge < -0.3 is 35.8 Å². The maximum Gasteiger partial charge on any atom is 0.335 e. The number of benzene rings is 1. The molecule has 2 aromatic rings. The summed E-state index contributed by atoms with van der Waals surface area (Å²) in [6.07, 6.45) is 0.459. The van der Waals surface area contributed by atoms with Crippen molar-refractivity contribution in [3.63, 3.8) is 0 Å². The smallest absolute Gasteiger partial charge is 0.335 e. The molecule has 4 atom stereocenters. The Bertz CT molecular complexity index is 1030. The molecule has 2 unspecified atom stereocenters. The second kappa shape index (κ2) is 11.1. The summed E-state index contributed by atoms with van der Waals surface area (Å²) in [7, 11) is 5.77. The summed E-state index contributed by atoms with van der Waals surface area (Å²) in [5.74, 6) is -4.69. The van der Waals surface area contributed by atoms with Crippen molar-refractivity contribution in [3.05, 3.63) is 41.6 Å². The van der Waals surface area contributed by atoms with Crippen LogP contribution < -0.4 is 5.32 Å². The summed E-state index contributed by atoms with van der Waals surface area (Å²) in [4.78, 5) is 36.4. The van der Waals surface area contributed by atoms with Gasteiger partial charge in [-0.15, -0.1) is 0 Å². The third-order valence-corrected chi connectivity index (χ3v) is 5.39. The van der Waals surface area contributed by atoms with Gasteiger partial charge in [-0.25, -0.2) is 9.59 Å². The Hall–Kier alpha value is -3.25. The van der Waals surface area contributed by atoms with Crippen molar-refractivity contribution in [2.75, 3.05) is 27.7 Å². The number of fused-ring (bicyclic) bond motifs is 2. The topological polar surface area (TPSA) is 183 Å². The normalized spacial score (nSPS) is 20.7. The minimum Gasteiger partial charge on any atom is -0.481 e. The molecule has 4 rings (SSSR count). The molecular formula is C22H29N3O8. The number of nitrogens with one attached hydrogen (secondary N) is 2. The number of carboxylic acid groups (broad SMARTS) is 3. The van der Waals surface area contributed by atoms with E-state index in [0.717, 1.165) is 11.9 Å². The highest BCUT2D eigenvalue weighted by Crippen LogP contribution is 2.40. The Kier molecular flexibility index (Phi) is 8.71. The van der Waals surface area contributed by atoms with Gasteiger partial charge >= 0.3 is 17.9 Å². The number of aromatic nitrogens is 1. The highest BCUT2D eigenvalue weighted by molar-refractivity contribution is 5.99. The number of H-pyrrole nitrogens is 1. The number of nitrogens with zero attached hydrogens (tertiary/aromatic N) is 1. The predicted molar refractivity (Wildman–Crippen MR) is 120 cm³/mol. The Morgan fingerprint density at radius 3 is 2.18 bits per heavy atom. The fraction of sp³-hybridized carbons (Fsp3) is 0.409. The lowest BCUT2D eigenvalue weighted by atomic mass is 9.80. The molecular weight excluding hydrogens is 434 g/mol. The van der Waals surface area contributed by atoms with Crippen LogP contribution in [0.25, 0.3) is 16.5 Å². The molecule has 33 heavy (non-hydrogen) atoms. The minimum absolute atomic E-state index is 0.291. The highest BCUT2D eigenvalue weighted by Gasteiger charge is 2.35. The van der Waals surface area contributed by atoms with Crippen molar-refractivity contribution in [2.45, 2.75) is 24.7 Å². The van der Waals surface area contributed by atoms with E-state index in [4.69, 9.17) is 20.4 Å². The van der Waals surface area contributed by atoms with Gasteiger partial charge in [0, 0.05) is 29.7 Å². The van der Waals surface area contributed by atoms with Crippen LogP contribution in [0.15, 0.2) is 30.5 Å². The summed E-state index contributed by atoms with van der Waals surface area (Å²) >= 11 is 0. The monoisotopic (exact) mass is 463 g/mol. The summed E-state index contributed by atoms with van der Waals surface area (Å²) in [5, 5.41) is 45.9. The fourth-order valence-corrected chi connectivity index (χ4v) is 3.88. The van der Waals surface area contributed by atoms with E-state index in [0.29, 0.717) is 12.6 Å². The van der Waals surface area contributed by atoms with E-state index in [2.05, 4.69) is 33.5 Å². The van der Waals surface area contributed by atoms with Crippen molar-refractivity contribution >= 4 is 34.4 Å². The first-order chi connectivity index (χ1) is 15.5. The molecule has 0 spiro atoms. The average Bonchev–Trinajstić information content (AvgIpc) is 3.18. The summed E-state index contributed by atoms with van der Waals surface area (Å²) in [6.45, 7) is 0.583. The molecule has 0 amide bonds. The predicted octanol–water partition coefficient (Wildman–Crippen LogP) is -0.165. The standard InChI is InChI=1S/C16H16N2O2.C4H6O6.C2H7N/c1-18-8-10(16(19)20)5-12-11-3-2-4-13-15(11)9(7-17-13)6-14(12)18;5-1(3(7)8)2(6)4(9)10;1-3-2/h2-5,7,10,14,17H,6,8H2,1H3,(H,19,20);1-2,5-6H,(H,7,8)(H,9,10);3H,1-2H3/t10-,14-;;/m1../s1. The van der Waals surface area contributed by atoms with E-state index < -0.39 is 36.0 Å². The van der Waals surface area contributed by atoms with Gasteiger partial charge in [-0.3, -0.25) is 9.69 Å². The van der Waals surface area contributed by atoms with Gasteiger partial charge in [0.25, 0.3) is 0 Å². The van der Waals surface area contributed by atoms with Crippen LogP contribution in [0.5, 0.6) is 0 Å². The van der Waals surface area contributed by atoms with Crippen LogP contribution in [-0.2, 0) is 20.8 Å². The van der Waals surface area contributed by atoms with Crippen LogP contribution in [0.4, 0.5) is 0 Å². The molecule has 0 saturated carbocycles. The van der Waals surface area contributed by atoms with Gasteiger partial charge in [-0.05, 0) is 50.3 Å². The lowest BCUT2D eigenvalue weighted by Crippen LogP contribution is -2.44. The van der Waals surface area contributed by atoms with Gasteiger partial charge in [0.15, 0.2) is 12.2 Å². The minimum atomic E-state index is -2.27. The molecule has 0 saturated heterocycles. The molecule has 2 aliphatic rings. The number of rotatable bonds is 4. The van der Waals surface area contributed by atoms with Crippen LogP contribution in [0.3, 0.4) is 0 Å². The Morgan fingerprint density at radius 1 is 1.09 bits per heavy atom. The third kappa shape index (κ3) is 5.76. The molecule has 180 valence electrons. The maximum atomic E-state index is 11.3. The van der Waals surface area contributed by atoms with Crippen LogP contribution >= 0.6 is 0 Å². The maximum absolute atomic E-state index is 11.3. The van der Waals surface area contributed by atoms with Gasteiger partial charge in [-0.2, -0.15) is 0 Å². The van der Waals surface area contributed by atoms with E-state index in [9.17, 15) is 19.5 Å². The molecule has 2 heterocycles. The van der Waals surface area contributed by atoms with Crippen molar-refractivity contribution in [2.24, 2.45) is 5.92 Å². The zero-order valence-corrected chi connectivity index (χ0v) is 18.5. The average molecular weight is 463 g/mol. The second-order valence-electron chi connectivity index (χ2n) is 7.83. The molecule has 11 nitrogen and oxygen atoms in total. The Morgan fingerprint density at radius 2 is 1.67 bits per heavy atom. The first-order valence-electron chi connectivity index (χ1n) is 10.2. The van der Waals surface area contributed by atoms with Gasteiger partial charge in [-0.1, -0.05) is 18.2 Å². The van der Waals surface area contributed by atoms with E-state index in [1.54, 1.807) is 0 Å². The number of carboxylic acids is 3. The second-order valence-corrected chi connectivity index (χ2v) is 7.83. The molecule has 11 heteroatoms. The van der Waals surface area contributed by atoms with E-state index in [1.165, 1.54) is 22.1 Å². The lowest BCUT2D eigenvalue weighted by molar-refractivity contribution is -0.165. The first-order valence-corrected chi connectivity index (χ1v) is 10.2. The zero-order valence-electron chi connectivity index (χ0n) is 18.5. The number of aromatic amines is 1. The van der Waals surface area contributed by atoms with Crippen molar-refractivity contribution < 1.29 is 39.9 Å². The number of hydrogen-bond donors (Lipinski definition) is 7. The molecule has 1 aliphatic carbocycles. The van der Waals surface area contributed by atoms with E-state index in [-0.39, 0.29) is 0 Å². The molecule has 1 aromatic carbocycles. The number of likely N-dealkylation sites (N-methyl/N-ethyl adjacent to an activating group) is 1. The number of aliphatic hydroxyl groups excluding tert-OH is 2. The SMILES string of the molecule is CN1C[C@H](C(=O)O)C=C2c3cccc4[nH]cc(c34)C[C@H]21.CNC.O=C(O)C(O)C(O)C(=O)O. The number of aliphatic hydroxyl groups is 2. The third-order valence-electron chi connectivity index (χ3n) is 5.39.